The van der Waals surface area contributed by atoms with Gasteiger partial charge in [0.1, 0.15) is 11.5 Å². The summed E-state index contributed by atoms with van der Waals surface area (Å²) in [6, 6.07) is 22.6. The Kier molecular flexibility index (Phi) is 5.54. The Balaban J connectivity index is 1.43. The Bertz CT molecular complexity index is 1670. The number of hydrogen-bond acceptors (Lipinski definition) is 6. The maximum atomic E-state index is 13.8. The van der Waals surface area contributed by atoms with Crippen molar-refractivity contribution >= 4 is 41.7 Å². The lowest BCUT2D eigenvalue weighted by atomic mass is 9.88. The van der Waals surface area contributed by atoms with Crippen molar-refractivity contribution < 1.29 is 23.9 Å². The molecule has 6 nitrogen and oxygen atoms in total. The molecule has 1 atom stereocenters. The highest BCUT2D eigenvalue weighted by atomic mass is 32.1. The van der Waals surface area contributed by atoms with Crippen LogP contribution >= 0.6 is 12.6 Å². The molecule has 4 aromatic rings. The van der Waals surface area contributed by atoms with Crippen LogP contribution in [0.25, 0.3) is 11.1 Å². The fourth-order valence-electron chi connectivity index (χ4n) is 4.97. The number of benzene rings is 4. The highest BCUT2D eigenvalue weighted by Crippen LogP contribution is 2.43. The van der Waals surface area contributed by atoms with Gasteiger partial charge in [-0.2, -0.15) is 0 Å². The Morgan fingerprint density at radius 3 is 1.92 bits per heavy atom. The number of ketones is 2. The van der Waals surface area contributed by atoms with Gasteiger partial charge in [-0.1, -0.05) is 29.8 Å². The van der Waals surface area contributed by atoms with Crippen LogP contribution in [0.15, 0.2) is 83.8 Å². The quantitative estimate of drug-likeness (QED) is 0.188. The topological polar surface area (TPSA) is 80.8 Å². The Hall–Kier alpha value is -4.49. The van der Waals surface area contributed by atoms with E-state index in [0.29, 0.717) is 33.2 Å². The zero-order chi connectivity index (χ0) is 26.7. The second-order valence-corrected chi connectivity index (χ2v) is 9.96. The fraction of sp³-hybridized carbons (Fsp3) is 0.0968. The van der Waals surface area contributed by atoms with Crippen molar-refractivity contribution in [3.05, 3.63) is 107 Å². The minimum atomic E-state index is -0.863. The summed E-state index contributed by atoms with van der Waals surface area (Å²) < 4.78 is 5.87. The first-order chi connectivity index (χ1) is 18.2. The normalized spacial score (nSPS) is 16.2. The van der Waals surface area contributed by atoms with Crippen molar-refractivity contribution in [1.29, 1.82) is 0 Å². The number of amides is 2. The van der Waals surface area contributed by atoms with Gasteiger partial charge in [0.15, 0.2) is 11.6 Å². The third kappa shape index (κ3) is 3.66. The van der Waals surface area contributed by atoms with Gasteiger partial charge in [0.25, 0.3) is 11.8 Å². The third-order valence-corrected chi connectivity index (χ3v) is 7.28. The summed E-state index contributed by atoms with van der Waals surface area (Å²) in [5.74, 6) is -1.45. The van der Waals surface area contributed by atoms with E-state index in [1.165, 1.54) is 6.07 Å². The predicted molar refractivity (Wildman–Crippen MR) is 146 cm³/mol. The lowest BCUT2D eigenvalue weighted by molar-refractivity contribution is 0.0850. The lowest BCUT2D eigenvalue weighted by Crippen LogP contribution is -2.29. The number of rotatable bonds is 4. The molecule has 6 rings (SSSR count). The van der Waals surface area contributed by atoms with Gasteiger partial charge >= 0.3 is 0 Å². The van der Waals surface area contributed by atoms with Crippen LogP contribution in [-0.4, -0.2) is 23.4 Å². The van der Waals surface area contributed by atoms with Gasteiger partial charge < -0.3 is 4.74 Å². The maximum absolute atomic E-state index is 13.8. The molecule has 1 aliphatic heterocycles. The van der Waals surface area contributed by atoms with Crippen molar-refractivity contribution in [2.24, 2.45) is 5.92 Å². The van der Waals surface area contributed by atoms with Crippen LogP contribution in [-0.2, 0) is 0 Å². The number of fused-ring (bicyclic) bond motifs is 2. The number of nitrogens with zero attached hydrogens (tertiary/aromatic N) is 1. The van der Waals surface area contributed by atoms with Crippen LogP contribution in [0.5, 0.6) is 11.5 Å². The lowest BCUT2D eigenvalue weighted by Gasteiger charge is -2.15. The van der Waals surface area contributed by atoms with E-state index >= 15 is 0 Å². The van der Waals surface area contributed by atoms with Gasteiger partial charge in [-0.05, 0) is 74.0 Å². The van der Waals surface area contributed by atoms with Gasteiger partial charge in [0, 0.05) is 21.6 Å². The first-order valence-corrected chi connectivity index (χ1v) is 12.5. The van der Waals surface area contributed by atoms with E-state index in [2.05, 4.69) is 12.6 Å². The summed E-state index contributed by atoms with van der Waals surface area (Å²) in [5, 5.41) is 0. The van der Waals surface area contributed by atoms with Gasteiger partial charge in [-0.15, -0.1) is 12.6 Å². The number of thiol groups is 1. The molecule has 1 unspecified atom stereocenters. The average Bonchev–Trinajstić information content (AvgIpc) is 3.29. The first kappa shape index (κ1) is 23.9. The summed E-state index contributed by atoms with van der Waals surface area (Å²) in [5.41, 5.74) is 2.95. The zero-order valence-electron chi connectivity index (χ0n) is 20.5. The van der Waals surface area contributed by atoms with Crippen LogP contribution in [0.3, 0.4) is 0 Å². The van der Waals surface area contributed by atoms with Crippen molar-refractivity contribution in [3.63, 3.8) is 0 Å². The molecule has 1 heterocycles. The minimum Gasteiger partial charge on any atom is -0.457 e. The average molecular weight is 520 g/mol. The standard InChI is InChI=1S/C31H21NO5S/c1-16-3-9-20(10-4-16)37-21-11-7-19(8-12-21)32-30(35)24-15-23-26(29(34)17(2)28(23)33)25(27(24)31(32)36)18-5-13-22(38)14-6-18/h3-15,17,38H,1-2H3. The minimum absolute atomic E-state index is 0.105. The van der Waals surface area contributed by atoms with E-state index in [9.17, 15) is 19.2 Å². The highest BCUT2D eigenvalue weighted by Gasteiger charge is 2.46. The second kappa shape index (κ2) is 8.82. The van der Waals surface area contributed by atoms with Crippen LogP contribution in [0.2, 0.25) is 0 Å². The van der Waals surface area contributed by atoms with Crippen LogP contribution < -0.4 is 9.64 Å². The number of ether oxygens (including phenoxy) is 1. The molecule has 2 amide bonds. The molecule has 0 spiro atoms. The first-order valence-electron chi connectivity index (χ1n) is 12.1. The van der Waals surface area contributed by atoms with E-state index in [4.69, 9.17) is 4.74 Å². The van der Waals surface area contributed by atoms with Crippen molar-refractivity contribution in [1.82, 2.24) is 0 Å². The Morgan fingerprint density at radius 1 is 0.684 bits per heavy atom. The molecule has 0 N–H and O–H groups in total. The number of carbonyl (C=O) groups excluding carboxylic acids is 4. The molecule has 0 fully saturated rings. The monoisotopic (exact) mass is 519 g/mol. The molecule has 0 aromatic heterocycles. The molecular weight excluding hydrogens is 498 g/mol. The van der Waals surface area contributed by atoms with Gasteiger partial charge in [-0.3, -0.25) is 19.2 Å². The smallest absolute Gasteiger partial charge is 0.266 e. The molecule has 0 radical (unpaired) electrons. The summed E-state index contributed by atoms with van der Waals surface area (Å²) >= 11 is 4.33. The maximum Gasteiger partial charge on any atom is 0.266 e. The van der Waals surface area contributed by atoms with E-state index in [0.717, 1.165) is 10.5 Å². The number of Topliss-reactive ketones (excluding diaryl/α,β-unsaturated/α-hetero) is 2. The molecule has 38 heavy (non-hydrogen) atoms. The predicted octanol–water partition coefficient (Wildman–Crippen LogP) is 6.56. The second-order valence-electron chi connectivity index (χ2n) is 9.45. The number of carbonyl (C=O) groups is 4. The molecule has 0 saturated heterocycles. The summed E-state index contributed by atoms with van der Waals surface area (Å²) in [6.07, 6.45) is 0. The van der Waals surface area contributed by atoms with Gasteiger partial charge in [0.05, 0.1) is 22.7 Å². The van der Waals surface area contributed by atoms with Crippen molar-refractivity contribution in [2.45, 2.75) is 18.7 Å². The zero-order valence-corrected chi connectivity index (χ0v) is 21.4. The summed E-state index contributed by atoms with van der Waals surface area (Å²) in [6.45, 7) is 3.54. The Labute approximate surface area is 224 Å². The molecule has 1 aliphatic carbocycles. The van der Waals surface area contributed by atoms with Gasteiger partial charge in [-0.25, -0.2) is 4.90 Å². The molecule has 4 aromatic carbocycles. The van der Waals surface area contributed by atoms with E-state index in [1.807, 2.05) is 31.2 Å². The largest absolute Gasteiger partial charge is 0.457 e. The molecule has 186 valence electrons. The Morgan fingerprint density at radius 2 is 1.29 bits per heavy atom. The fourth-order valence-corrected chi connectivity index (χ4v) is 5.12. The number of anilines is 1. The van der Waals surface area contributed by atoms with E-state index in [-0.39, 0.29) is 33.8 Å². The molecule has 0 bridgehead atoms. The van der Waals surface area contributed by atoms with Crippen molar-refractivity contribution in [2.75, 3.05) is 4.90 Å². The summed E-state index contributed by atoms with van der Waals surface area (Å²) in [4.78, 5) is 55.3. The molecule has 2 aliphatic rings. The SMILES string of the molecule is Cc1ccc(Oc2ccc(N3C(=O)c4cc5c(c(-c6ccc(S)cc6)c4C3=O)C(=O)C(C)C5=O)cc2)cc1. The number of imide groups is 1. The van der Waals surface area contributed by atoms with Crippen LogP contribution in [0.1, 0.15) is 53.9 Å². The van der Waals surface area contributed by atoms with Crippen LogP contribution in [0.4, 0.5) is 5.69 Å². The van der Waals surface area contributed by atoms with Gasteiger partial charge in [0.2, 0.25) is 0 Å². The van der Waals surface area contributed by atoms with E-state index in [1.54, 1.807) is 55.5 Å². The highest BCUT2D eigenvalue weighted by molar-refractivity contribution is 7.80. The third-order valence-electron chi connectivity index (χ3n) is 6.98. The number of aryl methyl sites for hydroxylation is 1. The van der Waals surface area contributed by atoms with E-state index < -0.39 is 17.7 Å². The summed E-state index contributed by atoms with van der Waals surface area (Å²) in [7, 11) is 0. The van der Waals surface area contributed by atoms with Crippen molar-refractivity contribution in [3.8, 4) is 22.6 Å². The molecule has 7 heteroatoms. The molecular formula is C31H21NO5S. The van der Waals surface area contributed by atoms with Crippen LogP contribution in [0, 0.1) is 12.8 Å². The number of hydrogen-bond donors (Lipinski definition) is 1. The molecule has 0 saturated carbocycles.